The molecule has 3 N–H and O–H groups in total. The molecule has 0 spiro atoms. The van der Waals surface area contributed by atoms with Crippen LogP contribution in [0.25, 0.3) is 0 Å². The molecule has 5 nitrogen and oxygen atoms in total. The van der Waals surface area contributed by atoms with Gasteiger partial charge in [0.25, 0.3) is 5.91 Å². The van der Waals surface area contributed by atoms with Gasteiger partial charge in [-0.1, -0.05) is 0 Å². The maximum atomic E-state index is 11.8. The zero-order chi connectivity index (χ0) is 12.1. The summed E-state index contributed by atoms with van der Waals surface area (Å²) in [6.07, 6.45) is 1.56. The summed E-state index contributed by atoms with van der Waals surface area (Å²) in [6, 6.07) is 3.43. The zero-order valence-corrected chi connectivity index (χ0v) is 9.90. The normalized spacial score (nSPS) is 12.5. The smallest absolute Gasteiger partial charge is 0.272 e. The van der Waals surface area contributed by atoms with Crippen molar-refractivity contribution in [2.24, 2.45) is 0 Å². The third-order valence-electron chi connectivity index (χ3n) is 2.07. The van der Waals surface area contributed by atoms with Gasteiger partial charge in [-0.15, -0.1) is 0 Å². The molecule has 0 aliphatic carbocycles. The summed E-state index contributed by atoms with van der Waals surface area (Å²) in [5, 5.41) is 2.85. The van der Waals surface area contributed by atoms with E-state index >= 15 is 0 Å². The first kappa shape index (κ1) is 12.4. The lowest BCUT2D eigenvalue weighted by atomic mass is 10.2. The number of hydrogen-bond acceptors (Lipinski definition) is 4. The molecule has 1 amide bonds. The third-order valence-corrected chi connectivity index (χ3v) is 2.07. The van der Waals surface area contributed by atoms with Crippen molar-refractivity contribution in [2.75, 3.05) is 26.4 Å². The van der Waals surface area contributed by atoms with Crippen LogP contribution >= 0.6 is 0 Å². The Bertz CT molecular complexity index is 365. The van der Waals surface area contributed by atoms with E-state index in [9.17, 15) is 4.79 Å². The average Bonchev–Trinajstić information content (AvgIpc) is 2.16. The Balaban J connectivity index is 2.63. The number of aromatic nitrogens is 1. The molecule has 0 aromatic carbocycles. The van der Waals surface area contributed by atoms with Crippen LogP contribution in [0.4, 0.5) is 5.69 Å². The van der Waals surface area contributed by atoms with E-state index in [1.165, 1.54) is 0 Å². The Morgan fingerprint density at radius 2 is 2.31 bits per heavy atom. The van der Waals surface area contributed by atoms with Crippen molar-refractivity contribution < 1.29 is 4.79 Å². The molecule has 1 heterocycles. The van der Waals surface area contributed by atoms with Crippen molar-refractivity contribution in [3.63, 3.8) is 0 Å². The van der Waals surface area contributed by atoms with Crippen molar-refractivity contribution in [1.29, 1.82) is 0 Å². The standard InChI is InChI=1S/C11H18N4O/c1-8(7-15(2)3)14-11(16)10-9(12)5-4-6-13-10/h4-6,8H,7,12H2,1-3H3,(H,14,16). The molecule has 0 aliphatic heterocycles. The molecular formula is C11H18N4O. The Morgan fingerprint density at radius 1 is 1.62 bits per heavy atom. The second kappa shape index (κ2) is 5.46. The van der Waals surface area contributed by atoms with E-state index < -0.39 is 0 Å². The highest BCUT2D eigenvalue weighted by Gasteiger charge is 2.13. The molecule has 1 aromatic rings. The number of anilines is 1. The summed E-state index contributed by atoms with van der Waals surface area (Å²) < 4.78 is 0. The highest BCUT2D eigenvalue weighted by molar-refractivity contribution is 5.97. The number of amides is 1. The van der Waals surface area contributed by atoms with Gasteiger partial charge in [0, 0.05) is 18.8 Å². The van der Waals surface area contributed by atoms with Crippen molar-refractivity contribution in [1.82, 2.24) is 15.2 Å². The molecule has 88 valence electrons. The second-order valence-corrected chi connectivity index (χ2v) is 4.08. The molecule has 5 heteroatoms. The second-order valence-electron chi connectivity index (χ2n) is 4.08. The first-order valence-electron chi connectivity index (χ1n) is 5.16. The molecule has 0 fully saturated rings. The molecule has 1 unspecified atom stereocenters. The molecule has 0 bridgehead atoms. The van der Waals surface area contributed by atoms with Gasteiger partial charge in [-0.3, -0.25) is 4.79 Å². The lowest BCUT2D eigenvalue weighted by Gasteiger charge is -2.18. The molecule has 0 saturated carbocycles. The van der Waals surface area contributed by atoms with Gasteiger partial charge >= 0.3 is 0 Å². The monoisotopic (exact) mass is 222 g/mol. The highest BCUT2D eigenvalue weighted by Crippen LogP contribution is 2.06. The van der Waals surface area contributed by atoms with E-state index in [1.54, 1.807) is 18.3 Å². The predicted octanol–water partition coefficient (Wildman–Crippen LogP) is 0.344. The number of likely N-dealkylation sites (N-methyl/N-ethyl adjacent to an activating group) is 1. The largest absolute Gasteiger partial charge is 0.397 e. The van der Waals surface area contributed by atoms with Crippen LogP contribution in [0.3, 0.4) is 0 Å². The van der Waals surface area contributed by atoms with E-state index in [2.05, 4.69) is 10.3 Å². The molecule has 1 aromatic heterocycles. The van der Waals surface area contributed by atoms with Crippen molar-refractivity contribution >= 4 is 11.6 Å². The van der Waals surface area contributed by atoms with Crippen molar-refractivity contribution in [3.05, 3.63) is 24.0 Å². The minimum Gasteiger partial charge on any atom is -0.397 e. The number of pyridine rings is 1. The fraction of sp³-hybridized carbons (Fsp3) is 0.455. The van der Waals surface area contributed by atoms with Crippen LogP contribution in [0.5, 0.6) is 0 Å². The van der Waals surface area contributed by atoms with Gasteiger partial charge in [-0.25, -0.2) is 4.98 Å². The third kappa shape index (κ3) is 3.51. The van der Waals surface area contributed by atoms with Gasteiger partial charge in [-0.05, 0) is 33.2 Å². The Kier molecular flexibility index (Phi) is 4.25. The molecule has 0 saturated heterocycles. The molecule has 0 radical (unpaired) electrons. The van der Waals surface area contributed by atoms with Crippen LogP contribution in [0.1, 0.15) is 17.4 Å². The summed E-state index contributed by atoms with van der Waals surface area (Å²) in [7, 11) is 3.91. The number of nitrogen functional groups attached to an aromatic ring is 1. The minimum absolute atomic E-state index is 0.0592. The van der Waals surface area contributed by atoms with Gasteiger partial charge < -0.3 is 16.0 Å². The van der Waals surface area contributed by atoms with Gasteiger partial charge in [-0.2, -0.15) is 0 Å². The Morgan fingerprint density at radius 3 is 2.88 bits per heavy atom. The fourth-order valence-electron chi connectivity index (χ4n) is 1.49. The molecule has 16 heavy (non-hydrogen) atoms. The average molecular weight is 222 g/mol. The Labute approximate surface area is 95.7 Å². The maximum absolute atomic E-state index is 11.8. The van der Waals surface area contributed by atoms with Gasteiger partial charge in [0.1, 0.15) is 0 Å². The molecule has 0 aliphatic rings. The highest BCUT2D eigenvalue weighted by atomic mass is 16.2. The molecule has 1 atom stereocenters. The van der Waals surface area contributed by atoms with E-state index in [4.69, 9.17) is 5.73 Å². The van der Waals surface area contributed by atoms with Gasteiger partial charge in [0.05, 0.1) is 5.69 Å². The predicted molar refractivity (Wildman–Crippen MR) is 64.1 cm³/mol. The quantitative estimate of drug-likeness (QED) is 0.771. The molecule has 1 rings (SSSR count). The van der Waals surface area contributed by atoms with Crippen LogP contribution in [0, 0.1) is 0 Å². The van der Waals surface area contributed by atoms with Gasteiger partial charge in [0.2, 0.25) is 0 Å². The number of nitrogens with one attached hydrogen (secondary N) is 1. The molecular weight excluding hydrogens is 204 g/mol. The number of carbonyl (C=O) groups excluding carboxylic acids is 1. The van der Waals surface area contributed by atoms with Crippen LogP contribution < -0.4 is 11.1 Å². The van der Waals surface area contributed by atoms with Crippen molar-refractivity contribution in [3.8, 4) is 0 Å². The lowest BCUT2D eigenvalue weighted by molar-refractivity contribution is 0.0930. The van der Waals surface area contributed by atoms with Crippen LogP contribution in [0.2, 0.25) is 0 Å². The summed E-state index contributed by atoms with van der Waals surface area (Å²) in [6.45, 7) is 2.72. The first-order chi connectivity index (χ1) is 7.50. The minimum atomic E-state index is -0.229. The van der Waals surface area contributed by atoms with Crippen LogP contribution in [-0.4, -0.2) is 42.5 Å². The van der Waals surface area contributed by atoms with Gasteiger partial charge in [0.15, 0.2) is 5.69 Å². The van der Waals surface area contributed by atoms with Crippen molar-refractivity contribution in [2.45, 2.75) is 13.0 Å². The van der Waals surface area contributed by atoms with Crippen LogP contribution in [0.15, 0.2) is 18.3 Å². The zero-order valence-electron chi connectivity index (χ0n) is 9.90. The number of rotatable bonds is 4. The summed E-state index contributed by atoms with van der Waals surface area (Å²) in [4.78, 5) is 17.8. The van der Waals surface area contributed by atoms with E-state index in [-0.39, 0.29) is 17.6 Å². The van der Waals surface area contributed by atoms with E-state index in [1.807, 2.05) is 25.9 Å². The SMILES string of the molecule is CC(CN(C)C)NC(=O)c1ncccc1N. The number of nitrogens with two attached hydrogens (primary N) is 1. The van der Waals surface area contributed by atoms with Crippen LogP contribution in [-0.2, 0) is 0 Å². The topological polar surface area (TPSA) is 71.2 Å². The first-order valence-corrected chi connectivity index (χ1v) is 5.16. The maximum Gasteiger partial charge on any atom is 0.272 e. The fourth-order valence-corrected chi connectivity index (χ4v) is 1.49. The van der Waals surface area contributed by atoms with E-state index in [0.717, 1.165) is 6.54 Å². The number of hydrogen-bond donors (Lipinski definition) is 2. The number of nitrogens with zero attached hydrogens (tertiary/aromatic N) is 2. The number of carbonyl (C=O) groups is 1. The summed E-state index contributed by atoms with van der Waals surface area (Å²) >= 11 is 0. The Hall–Kier alpha value is -1.62. The van der Waals surface area contributed by atoms with E-state index in [0.29, 0.717) is 5.69 Å². The summed E-state index contributed by atoms with van der Waals surface area (Å²) in [5.41, 5.74) is 6.35. The summed E-state index contributed by atoms with van der Waals surface area (Å²) in [5.74, 6) is -0.229. The lowest BCUT2D eigenvalue weighted by Crippen LogP contribution is -2.40.